The molecule has 7 nitrogen and oxygen atoms in total. The molecule has 4 aromatic rings. The monoisotopic (exact) mass is 499 g/mol. The number of likely N-dealkylation sites (N-methyl/N-ethyl adjacent to an activating group) is 1. The van der Waals surface area contributed by atoms with Gasteiger partial charge >= 0.3 is 0 Å². The number of aromatic nitrogens is 4. The molecule has 4 heterocycles. The highest BCUT2D eigenvalue weighted by molar-refractivity contribution is 6.38. The highest BCUT2D eigenvalue weighted by Crippen LogP contribution is 2.37. The van der Waals surface area contributed by atoms with Gasteiger partial charge < -0.3 is 15.1 Å². The van der Waals surface area contributed by atoms with Gasteiger partial charge in [0.15, 0.2) is 0 Å². The molecule has 0 unspecified atom stereocenters. The lowest BCUT2D eigenvalue weighted by Crippen LogP contribution is -2.44. The molecule has 0 bridgehead atoms. The Morgan fingerprint density at radius 1 is 0.972 bits per heavy atom. The number of piperazine rings is 1. The van der Waals surface area contributed by atoms with Crippen LogP contribution in [0.3, 0.4) is 0 Å². The molecule has 1 aromatic carbocycles. The number of pyridine rings is 2. The Kier molecular flexibility index (Phi) is 6.11. The average Bonchev–Trinajstić information content (AvgIpc) is 3.29. The lowest BCUT2D eigenvalue weighted by Gasteiger charge is -2.33. The minimum Gasteiger partial charge on any atom is -0.354 e. The molecule has 184 valence electrons. The number of nitrogens with zero attached hydrogens (tertiary/aromatic N) is 6. The van der Waals surface area contributed by atoms with Crippen molar-refractivity contribution >= 4 is 39.7 Å². The minimum atomic E-state index is 0.713. The molecule has 1 saturated heterocycles. The Morgan fingerprint density at radius 3 is 2.53 bits per heavy atom. The number of halogens is 1. The van der Waals surface area contributed by atoms with Crippen LogP contribution in [-0.4, -0.2) is 57.9 Å². The van der Waals surface area contributed by atoms with Gasteiger partial charge in [0.05, 0.1) is 11.2 Å². The zero-order valence-corrected chi connectivity index (χ0v) is 21.5. The standard InChI is InChI=1S/C28H30ClN7/c1-34-10-12-36(13-11-34)26-14-20(8-9-30-26)28(19-4-3-5-19)33-25-15-24-21(16-31-25)6-7-23(27(24)29)22-17-32-35(2)18-22/h6-9,14-18H,3-5,10-13H2,1-2H3,(H,31,33). The van der Waals surface area contributed by atoms with Crippen LogP contribution < -0.4 is 10.2 Å². The fraction of sp³-hybridized carbons (Fsp3) is 0.321. The number of allylic oxidation sites excluding steroid dienone is 1. The lowest BCUT2D eigenvalue weighted by molar-refractivity contribution is 0.312. The molecule has 1 aliphatic carbocycles. The summed E-state index contributed by atoms with van der Waals surface area (Å²) in [6.07, 6.45) is 11.1. The molecule has 1 N–H and O–H groups in total. The summed E-state index contributed by atoms with van der Waals surface area (Å²) in [6, 6.07) is 10.5. The van der Waals surface area contributed by atoms with Crippen molar-refractivity contribution in [2.75, 3.05) is 43.4 Å². The van der Waals surface area contributed by atoms with E-state index in [4.69, 9.17) is 21.6 Å². The summed E-state index contributed by atoms with van der Waals surface area (Å²) in [5.41, 5.74) is 5.71. The van der Waals surface area contributed by atoms with E-state index in [0.29, 0.717) is 5.02 Å². The second kappa shape index (κ2) is 9.56. The first-order valence-electron chi connectivity index (χ1n) is 12.5. The van der Waals surface area contributed by atoms with Gasteiger partial charge in [0.1, 0.15) is 11.6 Å². The van der Waals surface area contributed by atoms with Gasteiger partial charge in [0.25, 0.3) is 0 Å². The van der Waals surface area contributed by atoms with E-state index in [-0.39, 0.29) is 0 Å². The largest absolute Gasteiger partial charge is 0.354 e. The van der Waals surface area contributed by atoms with Crippen molar-refractivity contribution in [2.45, 2.75) is 19.3 Å². The molecule has 1 saturated carbocycles. The van der Waals surface area contributed by atoms with Crippen LogP contribution in [0.1, 0.15) is 24.8 Å². The summed E-state index contributed by atoms with van der Waals surface area (Å²) in [5.74, 6) is 1.83. The molecular weight excluding hydrogens is 470 g/mol. The Hall–Kier alpha value is -3.42. The van der Waals surface area contributed by atoms with Crippen molar-refractivity contribution in [3.05, 3.63) is 71.3 Å². The number of anilines is 2. The van der Waals surface area contributed by atoms with Gasteiger partial charge in [-0.15, -0.1) is 0 Å². The van der Waals surface area contributed by atoms with Crippen LogP contribution in [0.5, 0.6) is 0 Å². The van der Waals surface area contributed by atoms with E-state index >= 15 is 0 Å². The molecule has 2 fully saturated rings. The summed E-state index contributed by atoms with van der Waals surface area (Å²) < 4.78 is 1.79. The molecular formula is C28H30ClN7. The first-order valence-corrected chi connectivity index (χ1v) is 12.9. The molecule has 6 rings (SSSR count). The summed E-state index contributed by atoms with van der Waals surface area (Å²) in [5, 5.41) is 10.7. The van der Waals surface area contributed by atoms with Crippen molar-refractivity contribution in [3.63, 3.8) is 0 Å². The van der Waals surface area contributed by atoms with Crippen molar-refractivity contribution in [1.29, 1.82) is 0 Å². The number of nitrogens with one attached hydrogen (secondary N) is 1. The molecule has 0 amide bonds. The molecule has 2 aliphatic rings. The summed E-state index contributed by atoms with van der Waals surface area (Å²) in [4.78, 5) is 14.2. The number of hydrogen-bond acceptors (Lipinski definition) is 6. The molecule has 0 spiro atoms. The lowest BCUT2D eigenvalue weighted by atomic mass is 9.88. The highest BCUT2D eigenvalue weighted by atomic mass is 35.5. The smallest absolute Gasteiger partial charge is 0.130 e. The Labute approximate surface area is 216 Å². The first-order chi connectivity index (χ1) is 17.5. The third-order valence-corrected chi connectivity index (χ3v) is 7.69. The van der Waals surface area contributed by atoms with Gasteiger partial charge in [-0.2, -0.15) is 5.10 Å². The number of rotatable bonds is 5. The maximum atomic E-state index is 6.91. The molecule has 0 atom stereocenters. The van der Waals surface area contributed by atoms with E-state index in [1.165, 1.54) is 12.0 Å². The number of fused-ring (bicyclic) bond motifs is 1. The molecule has 0 radical (unpaired) electrons. The third kappa shape index (κ3) is 4.45. The van der Waals surface area contributed by atoms with Gasteiger partial charge in [0, 0.05) is 85.0 Å². The van der Waals surface area contributed by atoms with E-state index < -0.39 is 0 Å². The van der Waals surface area contributed by atoms with Crippen molar-refractivity contribution in [3.8, 4) is 11.1 Å². The van der Waals surface area contributed by atoms with Crippen molar-refractivity contribution < 1.29 is 0 Å². The van der Waals surface area contributed by atoms with E-state index in [9.17, 15) is 0 Å². The average molecular weight is 500 g/mol. The first kappa shape index (κ1) is 23.0. The summed E-state index contributed by atoms with van der Waals surface area (Å²) >= 11 is 6.91. The maximum Gasteiger partial charge on any atom is 0.130 e. The van der Waals surface area contributed by atoms with Crippen molar-refractivity contribution in [1.82, 2.24) is 24.6 Å². The van der Waals surface area contributed by atoms with Gasteiger partial charge in [-0.1, -0.05) is 23.7 Å². The van der Waals surface area contributed by atoms with Gasteiger partial charge in [-0.25, -0.2) is 9.97 Å². The van der Waals surface area contributed by atoms with Gasteiger partial charge in [0.2, 0.25) is 0 Å². The number of hydrogen-bond donors (Lipinski definition) is 1. The second-order valence-corrected chi connectivity index (χ2v) is 10.1. The number of aryl methyl sites for hydroxylation is 1. The van der Waals surface area contributed by atoms with Gasteiger partial charge in [-0.3, -0.25) is 4.68 Å². The van der Waals surface area contributed by atoms with Crippen LogP contribution in [0.15, 0.2) is 60.7 Å². The van der Waals surface area contributed by atoms with Crippen LogP contribution in [0.25, 0.3) is 27.6 Å². The predicted octanol–water partition coefficient (Wildman–Crippen LogP) is 5.44. The van der Waals surface area contributed by atoms with Crippen LogP contribution >= 0.6 is 11.6 Å². The number of benzene rings is 1. The van der Waals surface area contributed by atoms with E-state index in [0.717, 1.165) is 83.8 Å². The Morgan fingerprint density at radius 2 is 1.81 bits per heavy atom. The Balaban J connectivity index is 1.33. The minimum absolute atomic E-state index is 0.713. The molecule has 3 aromatic heterocycles. The third-order valence-electron chi connectivity index (χ3n) is 7.28. The molecule has 36 heavy (non-hydrogen) atoms. The van der Waals surface area contributed by atoms with E-state index in [1.807, 2.05) is 37.9 Å². The fourth-order valence-corrected chi connectivity index (χ4v) is 5.25. The normalized spacial score (nSPS) is 16.3. The highest BCUT2D eigenvalue weighted by Gasteiger charge is 2.20. The summed E-state index contributed by atoms with van der Waals surface area (Å²) in [6.45, 7) is 4.11. The molecule has 1 aliphatic heterocycles. The van der Waals surface area contributed by atoms with Gasteiger partial charge in [-0.05, 0) is 50.1 Å². The van der Waals surface area contributed by atoms with Crippen molar-refractivity contribution in [2.24, 2.45) is 7.05 Å². The SMILES string of the molecule is CN1CCN(c2cc(C(Nc3cc4c(Cl)c(-c5cnn(C)c5)ccc4cn3)=C3CCC3)ccn2)CC1. The quantitative estimate of drug-likeness (QED) is 0.394. The summed E-state index contributed by atoms with van der Waals surface area (Å²) in [7, 11) is 4.08. The maximum absolute atomic E-state index is 6.91. The topological polar surface area (TPSA) is 62.1 Å². The zero-order valence-electron chi connectivity index (χ0n) is 20.7. The van der Waals surface area contributed by atoms with Crippen LogP contribution in [0, 0.1) is 0 Å². The molecule has 8 heteroatoms. The predicted molar refractivity (Wildman–Crippen MR) is 147 cm³/mol. The van der Waals surface area contributed by atoms with Crippen LogP contribution in [0.2, 0.25) is 5.02 Å². The zero-order chi connectivity index (χ0) is 24.6. The second-order valence-electron chi connectivity index (χ2n) is 9.77. The van der Waals surface area contributed by atoms with Crippen LogP contribution in [-0.2, 0) is 7.05 Å². The van der Waals surface area contributed by atoms with E-state index in [2.05, 4.69) is 51.5 Å². The van der Waals surface area contributed by atoms with E-state index in [1.54, 1.807) is 4.68 Å². The fourth-order valence-electron chi connectivity index (χ4n) is 4.91. The van der Waals surface area contributed by atoms with Crippen LogP contribution in [0.4, 0.5) is 11.6 Å². The Bertz CT molecular complexity index is 1440.